The summed E-state index contributed by atoms with van der Waals surface area (Å²) in [6.07, 6.45) is 6.00. The van der Waals surface area contributed by atoms with E-state index in [0.29, 0.717) is 0 Å². The van der Waals surface area contributed by atoms with E-state index < -0.39 is 0 Å². The van der Waals surface area contributed by atoms with Crippen molar-refractivity contribution in [2.45, 2.75) is 32.1 Å². The molecule has 1 saturated heterocycles. The molecule has 0 radical (unpaired) electrons. The standard InChI is InChI=1S/C12H15NOS/c14-12(13-6-1-2-7-13)11-8-9-4-3-5-10(9)15-11/h8H,1-7H2. The van der Waals surface area contributed by atoms with Crippen molar-refractivity contribution < 1.29 is 4.79 Å². The maximum absolute atomic E-state index is 12.1. The first-order valence-electron chi connectivity index (χ1n) is 5.75. The van der Waals surface area contributed by atoms with E-state index in [0.717, 1.165) is 18.0 Å². The van der Waals surface area contributed by atoms with Crippen LogP contribution in [0.1, 0.15) is 39.4 Å². The highest BCUT2D eigenvalue weighted by molar-refractivity contribution is 7.14. The molecule has 0 saturated carbocycles. The predicted molar refractivity (Wildman–Crippen MR) is 61.5 cm³/mol. The molecule has 1 fully saturated rings. The third kappa shape index (κ3) is 1.59. The van der Waals surface area contributed by atoms with Crippen LogP contribution in [0.15, 0.2) is 6.07 Å². The van der Waals surface area contributed by atoms with Crippen molar-refractivity contribution in [1.82, 2.24) is 4.90 Å². The van der Waals surface area contributed by atoms with Gasteiger partial charge in [-0.2, -0.15) is 0 Å². The average Bonchev–Trinajstić information content (AvgIpc) is 2.92. The molecule has 0 spiro atoms. The Hall–Kier alpha value is -0.830. The van der Waals surface area contributed by atoms with Gasteiger partial charge in [0.2, 0.25) is 0 Å². The van der Waals surface area contributed by atoms with E-state index in [2.05, 4.69) is 6.07 Å². The molecule has 0 aromatic carbocycles. The monoisotopic (exact) mass is 221 g/mol. The Labute approximate surface area is 93.9 Å². The predicted octanol–water partition coefficient (Wildman–Crippen LogP) is 2.47. The minimum Gasteiger partial charge on any atom is -0.338 e. The minimum atomic E-state index is 0.270. The van der Waals surface area contributed by atoms with Crippen molar-refractivity contribution in [3.63, 3.8) is 0 Å². The van der Waals surface area contributed by atoms with Gasteiger partial charge in [-0.15, -0.1) is 11.3 Å². The molecule has 3 heteroatoms. The van der Waals surface area contributed by atoms with E-state index in [1.165, 1.54) is 42.5 Å². The molecular weight excluding hydrogens is 206 g/mol. The second kappa shape index (κ2) is 3.63. The van der Waals surface area contributed by atoms with E-state index in [1.807, 2.05) is 4.90 Å². The molecule has 0 unspecified atom stereocenters. The summed E-state index contributed by atoms with van der Waals surface area (Å²) in [4.78, 5) is 16.5. The quantitative estimate of drug-likeness (QED) is 0.713. The number of carbonyl (C=O) groups is 1. The number of thiophene rings is 1. The van der Waals surface area contributed by atoms with Gasteiger partial charge in [0.15, 0.2) is 0 Å². The summed E-state index contributed by atoms with van der Waals surface area (Å²) in [6, 6.07) is 2.13. The molecule has 15 heavy (non-hydrogen) atoms. The summed E-state index contributed by atoms with van der Waals surface area (Å²) >= 11 is 1.73. The van der Waals surface area contributed by atoms with Gasteiger partial charge < -0.3 is 4.90 Å². The number of amides is 1. The fourth-order valence-electron chi connectivity index (χ4n) is 2.51. The number of aryl methyl sites for hydroxylation is 2. The number of carbonyl (C=O) groups excluding carboxylic acids is 1. The molecule has 0 N–H and O–H groups in total. The van der Waals surface area contributed by atoms with Crippen LogP contribution in [-0.2, 0) is 12.8 Å². The molecule has 0 bridgehead atoms. The SMILES string of the molecule is O=C(c1cc2c(s1)CCC2)N1CCCC1. The Bertz CT molecular complexity index is 369. The van der Waals surface area contributed by atoms with Gasteiger partial charge in [0.25, 0.3) is 5.91 Å². The van der Waals surface area contributed by atoms with Gasteiger partial charge in [0.05, 0.1) is 4.88 Å². The zero-order chi connectivity index (χ0) is 10.3. The first kappa shape index (κ1) is 9.40. The first-order chi connectivity index (χ1) is 7.34. The van der Waals surface area contributed by atoms with Gasteiger partial charge >= 0.3 is 0 Å². The maximum atomic E-state index is 12.1. The van der Waals surface area contributed by atoms with Crippen LogP contribution in [0, 0.1) is 0 Å². The molecule has 1 aliphatic carbocycles. The largest absolute Gasteiger partial charge is 0.338 e. The van der Waals surface area contributed by atoms with Crippen molar-refractivity contribution in [3.8, 4) is 0 Å². The topological polar surface area (TPSA) is 20.3 Å². The Balaban J connectivity index is 1.83. The highest BCUT2D eigenvalue weighted by Crippen LogP contribution is 2.31. The number of hydrogen-bond donors (Lipinski definition) is 0. The lowest BCUT2D eigenvalue weighted by molar-refractivity contribution is 0.0797. The second-order valence-electron chi connectivity index (χ2n) is 4.41. The van der Waals surface area contributed by atoms with Gasteiger partial charge in [-0.25, -0.2) is 0 Å². The van der Waals surface area contributed by atoms with Crippen LogP contribution in [0.3, 0.4) is 0 Å². The van der Waals surface area contributed by atoms with Crippen molar-refractivity contribution in [2.75, 3.05) is 13.1 Å². The number of hydrogen-bond acceptors (Lipinski definition) is 2. The summed E-state index contributed by atoms with van der Waals surface area (Å²) in [7, 11) is 0. The smallest absolute Gasteiger partial charge is 0.263 e. The Kier molecular flexibility index (Phi) is 2.28. The Morgan fingerprint density at radius 1 is 1.20 bits per heavy atom. The van der Waals surface area contributed by atoms with E-state index in [4.69, 9.17) is 0 Å². The van der Waals surface area contributed by atoms with Gasteiger partial charge in [0.1, 0.15) is 0 Å². The molecule has 3 rings (SSSR count). The van der Waals surface area contributed by atoms with E-state index >= 15 is 0 Å². The van der Waals surface area contributed by atoms with E-state index in [-0.39, 0.29) is 5.91 Å². The molecule has 1 aromatic rings. The fourth-order valence-corrected chi connectivity index (χ4v) is 3.73. The lowest BCUT2D eigenvalue weighted by Crippen LogP contribution is -2.26. The molecule has 80 valence electrons. The van der Waals surface area contributed by atoms with Crippen molar-refractivity contribution in [2.24, 2.45) is 0 Å². The zero-order valence-corrected chi connectivity index (χ0v) is 9.61. The lowest BCUT2D eigenvalue weighted by atomic mass is 10.2. The molecule has 1 aliphatic heterocycles. The third-order valence-corrected chi connectivity index (χ3v) is 4.58. The van der Waals surface area contributed by atoms with Crippen LogP contribution in [-0.4, -0.2) is 23.9 Å². The van der Waals surface area contributed by atoms with Gasteiger partial charge in [0, 0.05) is 18.0 Å². The van der Waals surface area contributed by atoms with E-state index in [9.17, 15) is 4.79 Å². The number of likely N-dealkylation sites (tertiary alicyclic amines) is 1. The van der Waals surface area contributed by atoms with Gasteiger partial charge in [-0.3, -0.25) is 4.79 Å². The normalized spacial score (nSPS) is 19.6. The molecule has 2 heterocycles. The highest BCUT2D eigenvalue weighted by Gasteiger charge is 2.23. The summed E-state index contributed by atoms with van der Waals surface area (Å²) in [5.41, 5.74) is 1.43. The van der Waals surface area contributed by atoms with E-state index in [1.54, 1.807) is 11.3 Å². The molecule has 2 aliphatic rings. The lowest BCUT2D eigenvalue weighted by Gasteiger charge is -2.13. The number of nitrogens with zero attached hydrogens (tertiary/aromatic N) is 1. The van der Waals surface area contributed by atoms with Gasteiger partial charge in [-0.1, -0.05) is 0 Å². The fraction of sp³-hybridized carbons (Fsp3) is 0.583. The van der Waals surface area contributed by atoms with Crippen molar-refractivity contribution in [3.05, 3.63) is 21.4 Å². The molecule has 0 atom stereocenters. The summed E-state index contributed by atoms with van der Waals surface area (Å²) < 4.78 is 0. The highest BCUT2D eigenvalue weighted by atomic mass is 32.1. The number of fused-ring (bicyclic) bond motifs is 1. The molecular formula is C12H15NOS. The van der Waals surface area contributed by atoms with Crippen LogP contribution in [0.25, 0.3) is 0 Å². The Morgan fingerprint density at radius 3 is 2.73 bits per heavy atom. The first-order valence-corrected chi connectivity index (χ1v) is 6.57. The van der Waals surface area contributed by atoms with Crippen LogP contribution in [0.4, 0.5) is 0 Å². The molecule has 1 aromatic heterocycles. The molecule has 2 nitrogen and oxygen atoms in total. The average molecular weight is 221 g/mol. The van der Waals surface area contributed by atoms with Crippen LogP contribution in [0.5, 0.6) is 0 Å². The summed E-state index contributed by atoms with van der Waals surface area (Å²) in [5.74, 6) is 0.270. The third-order valence-electron chi connectivity index (χ3n) is 3.35. The second-order valence-corrected chi connectivity index (χ2v) is 5.55. The van der Waals surface area contributed by atoms with Crippen LogP contribution in [0.2, 0.25) is 0 Å². The van der Waals surface area contributed by atoms with Gasteiger partial charge in [-0.05, 0) is 43.7 Å². The van der Waals surface area contributed by atoms with Crippen LogP contribution < -0.4 is 0 Å². The zero-order valence-electron chi connectivity index (χ0n) is 8.79. The van der Waals surface area contributed by atoms with Crippen molar-refractivity contribution >= 4 is 17.2 Å². The molecule has 1 amide bonds. The summed E-state index contributed by atoms with van der Waals surface area (Å²) in [5, 5.41) is 0. The number of rotatable bonds is 1. The van der Waals surface area contributed by atoms with Crippen molar-refractivity contribution in [1.29, 1.82) is 0 Å². The maximum Gasteiger partial charge on any atom is 0.263 e. The minimum absolute atomic E-state index is 0.270. The Morgan fingerprint density at radius 2 is 2.00 bits per heavy atom. The van der Waals surface area contributed by atoms with Crippen LogP contribution >= 0.6 is 11.3 Å². The summed E-state index contributed by atoms with van der Waals surface area (Å²) in [6.45, 7) is 1.92.